The van der Waals surface area contributed by atoms with E-state index in [4.69, 9.17) is 14.2 Å². The second-order valence-electron chi connectivity index (χ2n) is 9.24. The van der Waals surface area contributed by atoms with Gasteiger partial charge in [0.1, 0.15) is 6.73 Å². The van der Waals surface area contributed by atoms with Crippen LogP contribution in [0, 0.1) is 0 Å². The zero-order chi connectivity index (χ0) is 22.4. The zero-order valence-electron chi connectivity index (χ0n) is 19.3. The van der Waals surface area contributed by atoms with Crippen LogP contribution >= 0.6 is 0 Å². The highest BCUT2D eigenvalue weighted by Crippen LogP contribution is 2.14. The average Bonchev–Trinajstić information content (AvgIpc) is 3.15. The molecule has 0 amide bonds. The van der Waals surface area contributed by atoms with Crippen LogP contribution in [0.4, 0.5) is 0 Å². The molecule has 1 aliphatic rings. The summed E-state index contributed by atoms with van der Waals surface area (Å²) < 4.78 is 21.7. The Morgan fingerprint density at radius 2 is 2.00 bits per heavy atom. The number of aryl methyl sites for hydroxylation is 1. The van der Waals surface area contributed by atoms with Crippen LogP contribution in [0.15, 0.2) is 15.9 Å². The van der Waals surface area contributed by atoms with Crippen molar-refractivity contribution in [2.45, 2.75) is 84.4 Å². The topological polar surface area (TPSA) is 89.5 Å². The maximum Gasteiger partial charge on any atom is 0.332 e. The molecule has 1 saturated heterocycles. The molecular weight excluding hydrogens is 416 g/mol. The second-order valence-corrected chi connectivity index (χ2v) is 14.9. The van der Waals surface area contributed by atoms with Gasteiger partial charge >= 0.3 is 5.69 Å². The van der Waals surface area contributed by atoms with Gasteiger partial charge in [0.15, 0.2) is 17.5 Å². The van der Waals surface area contributed by atoms with Gasteiger partial charge in [-0.1, -0.05) is 19.6 Å². The number of hydrogen-bond acceptors (Lipinski definition) is 6. The number of ether oxygens (including phenoxy) is 3. The Labute approximate surface area is 183 Å². The van der Waals surface area contributed by atoms with E-state index in [-0.39, 0.29) is 24.3 Å². The Hall–Kier alpha value is -1.75. The molecule has 1 unspecified atom stereocenters. The van der Waals surface area contributed by atoms with Crippen molar-refractivity contribution in [3.63, 3.8) is 0 Å². The third-order valence-corrected chi connectivity index (χ3v) is 7.20. The van der Waals surface area contributed by atoms with Gasteiger partial charge in [-0.05, 0) is 38.7 Å². The molecule has 9 nitrogen and oxygen atoms in total. The number of fused-ring (bicyclic) bond motifs is 1. The predicted molar refractivity (Wildman–Crippen MR) is 122 cm³/mol. The van der Waals surface area contributed by atoms with Crippen LogP contribution in [0.25, 0.3) is 11.2 Å². The number of imidazole rings is 1. The SMILES string of the molecule is CCn1c(=O)n(CCCOC2CCCCO2)c(=O)c2c1ncn2COCC[Si](C)(C)C. The molecule has 0 aliphatic carbocycles. The van der Waals surface area contributed by atoms with E-state index in [1.165, 1.54) is 4.57 Å². The Morgan fingerprint density at radius 1 is 1.19 bits per heavy atom. The zero-order valence-corrected chi connectivity index (χ0v) is 20.3. The molecule has 0 N–H and O–H groups in total. The van der Waals surface area contributed by atoms with Crippen LogP contribution in [0.1, 0.15) is 32.6 Å². The van der Waals surface area contributed by atoms with Crippen LogP contribution in [0.3, 0.4) is 0 Å². The molecular formula is C21H36N4O5Si. The van der Waals surface area contributed by atoms with Gasteiger partial charge in [-0.25, -0.2) is 9.78 Å². The fourth-order valence-corrected chi connectivity index (χ4v) is 4.40. The molecule has 0 radical (unpaired) electrons. The first-order chi connectivity index (χ1) is 14.8. The van der Waals surface area contributed by atoms with Crippen molar-refractivity contribution in [3.05, 3.63) is 27.2 Å². The van der Waals surface area contributed by atoms with Crippen molar-refractivity contribution >= 4 is 19.2 Å². The molecule has 0 bridgehead atoms. The lowest BCUT2D eigenvalue weighted by Gasteiger charge is -2.22. The van der Waals surface area contributed by atoms with E-state index in [0.29, 0.717) is 43.9 Å². The predicted octanol–water partition coefficient (Wildman–Crippen LogP) is 2.63. The molecule has 2 aromatic heterocycles. The van der Waals surface area contributed by atoms with E-state index in [9.17, 15) is 9.59 Å². The lowest BCUT2D eigenvalue weighted by molar-refractivity contribution is -0.163. The first kappa shape index (κ1) is 23.9. The quantitative estimate of drug-likeness (QED) is 0.385. The minimum atomic E-state index is -1.19. The van der Waals surface area contributed by atoms with Gasteiger partial charge in [-0.15, -0.1) is 0 Å². The van der Waals surface area contributed by atoms with Crippen LogP contribution in [-0.4, -0.2) is 52.9 Å². The van der Waals surface area contributed by atoms with Crippen molar-refractivity contribution in [2.24, 2.45) is 0 Å². The minimum absolute atomic E-state index is 0.171. The van der Waals surface area contributed by atoms with E-state index >= 15 is 0 Å². The smallest absolute Gasteiger partial charge is 0.332 e. The summed E-state index contributed by atoms with van der Waals surface area (Å²) in [5.74, 6) is 0. The van der Waals surface area contributed by atoms with Crippen molar-refractivity contribution in [1.82, 2.24) is 18.7 Å². The summed E-state index contributed by atoms with van der Waals surface area (Å²) in [5, 5.41) is 0. The lowest BCUT2D eigenvalue weighted by Crippen LogP contribution is -2.40. The number of hydrogen-bond donors (Lipinski definition) is 0. The normalized spacial score (nSPS) is 17.5. The maximum absolute atomic E-state index is 13.2. The van der Waals surface area contributed by atoms with Crippen LogP contribution in [0.5, 0.6) is 0 Å². The molecule has 1 fully saturated rings. The molecule has 0 spiro atoms. The Bertz CT molecular complexity index is 969. The van der Waals surface area contributed by atoms with E-state index in [0.717, 1.165) is 31.9 Å². The van der Waals surface area contributed by atoms with E-state index in [1.807, 2.05) is 6.92 Å². The van der Waals surface area contributed by atoms with Crippen LogP contribution in [0.2, 0.25) is 25.7 Å². The molecule has 3 rings (SSSR count). The van der Waals surface area contributed by atoms with Crippen LogP contribution in [-0.2, 0) is 34.0 Å². The Kier molecular flexibility index (Phi) is 8.26. The van der Waals surface area contributed by atoms with Crippen molar-refractivity contribution in [2.75, 3.05) is 19.8 Å². The molecule has 1 atom stereocenters. The summed E-state index contributed by atoms with van der Waals surface area (Å²) >= 11 is 0. The van der Waals surface area contributed by atoms with Crippen molar-refractivity contribution in [1.29, 1.82) is 0 Å². The van der Waals surface area contributed by atoms with E-state index < -0.39 is 8.07 Å². The standard InChI is InChI=1S/C21H36N4O5Si/c1-5-24-19-18(23(15-22-19)16-28-13-14-31(2,3)4)20(26)25(21(24)27)10-8-12-30-17-9-6-7-11-29-17/h15,17H,5-14,16H2,1-4H3. The highest BCUT2D eigenvalue weighted by Gasteiger charge is 2.18. The van der Waals surface area contributed by atoms with E-state index in [1.54, 1.807) is 15.5 Å². The molecule has 0 aromatic carbocycles. The summed E-state index contributed by atoms with van der Waals surface area (Å²) in [7, 11) is -1.19. The summed E-state index contributed by atoms with van der Waals surface area (Å²) in [6.45, 7) is 11.6. The van der Waals surface area contributed by atoms with Gasteiger partial charge in [0.05, 0.1) is 12.9 Å². The Balaban J connectivity index is 1.72. The molecule has 174 valence electrons. The van der Waals surface area contributed by atoms with Gasteiger partial charge in [0, 0.05) is 34.4 Å². The largest absolute Gasteiger partial charge is 0.361 e. The van der Waals surface area contributed by atoms with Gasteiger partial charge in [-0.3, -0.25) is 13.9 Å². The third kappa shape index (κ3) is 6.15. The second kappa shape index (κ2) is 10.7. The van der Waals surface area contributed by atoms with Crippen molar-refractivity contribution in [3.8, 4) is 0 Å². The van der Waals surface area contributed by atoms with Gasteiger partial charge < -0.3 is 18.8 Å². The highest BCUT2D eigenvalue weighted by molar-refractivity contribution is 6.76. The summed E-state index contributed by atoms with van der Waals surface area (Å²) in [4.78, 5) is 30.4. The molecule has 0 saturated carbocycles. The highest BCUT2D eigenvalue weighted by atomic mass is 28.3. The summed E-state index contributed by atoms with van der Waals surface area (Å²) in [6, 6.07) is 1.05. The molecule has 2 aromatic rings. The minimum Gasteiger partial charge on any atom is -0.361 e. The maximum atomic E-state index is 13.2. The average molecular weight is 453 g/mol. The first-order valence-electron chi connectivity index (χ1n) is 11.3. The van der Waals surface area contributed by atoms with Crippen molar-refractivity contribution < 1.29 is 14.2 Å². The van der Waals surface area contributed by atoms with Crippen LogP contribution < -0.4 is 11.2 Å². The summed E-state index contributed by atoms with van der Waals surface area (Å²) in [5.41, 5.74) is 0.157. The number of rotatable bonds is 11. The summed E-state index contributed by atoms with van der Waals surface area (Å²) in [6.07, 6.45) is 5.04. The molecule has 3 heterocycles. The molecule has 10 heteroatoms. The third-order valence-electron chi connectivity index (χ3n) is 5.49. The molecule has 31 heavy (non-hydrogen) atoms. The van der Waals surface area contributed by atoms with Gasteiger partial charge in [0.25, 0.3) is 5.56 Å². The number of nitrogens with zero attached hydrogens (tertiary/aromatic N) is 4. The fraction of sp³-hybridized carbons (Fsp3) is 0.762. The number of aromatic nitrogens is 4. The van der Waals surface area contributed by atoms with Gasteiger partial charge in [0.2, 0.25) is 0 Å². The monoisotopic (exact) mass is 452 g/mol. The first-order valence-corrected chi connectivity index (χ1v) is 15.0. The van der Waals surface area contributed by atoms with Gasteiger partial charge in [-0.2, -0.15) is 0 Å². The fourth-order valence-electron chi connectivity index (χ4n) is 3.64. The van der Waals surface area contributed by atoms with E-state index in [2.05, 4.69) is 24.6 Å². The lowest BCUT2D eigenvalue weighted by atomic mass is 10.2. The molecule has 1 aliphatic heterocycles. The Morgan fingerprint density at radius 3 is 2.68 bits per heavy atom.